The monoisotopic (exact) mass is 295 g/mol. The van der Waals surface area contributed by atoms with E-state index in [9.17, 15) is 10.1 Å². The van der Waals surface area contributed by atoms with Crippen LogP contribution in [0.1, 0.15) is 26.2 Å². The molecular formula is C14H21N3O2S. The highest BCUT2D eigenvalue weighted by Crippen LogP contribution is 2.33. The van der Waals surface area contributed by atoms with E-state index in [0.29, 0.717) is 23.2 Å². The fourth-order valence-electron chi connectivity index (χ4n) is 2.41. The third-order valence-electron chi connectivity index (χ3n) is 3.38. The maximum atomic E-state index is 11.3. The highest BCUT2D eigenvalue weighted by Gasteiger charge is 2.20. The van der Waals surface area contributed by atoms with E-state index in [1.807, 2.05) is 24.8 Å². The third-order valence-corrected chi connectivity index (χ3v) is 4.78. The second-order valence-electron chi connectivity index (χ2n) is 4.86. The van der Waals surface area contributed by atoms with Crippen LogP contribution < -0.4 is 10.6 Å². The average Bonchev–Trinajstić information content (AvgIpc) is 2.46. The standard InChI is InChI=1S/C14H21N3O2S/c1-2-15-12-7-5-8-13(14(12)17(18)19)16-10-11-6-3-4-9-20-11/h5,7-8,11,15-16H,2-4,6,9-10H2,1H3. The van der Waals surface area contributed by atoms with Gasteiger partial charge < -0.3 is 10.6 Å². The number of rotatable bonds is 6. The van der Waals surface area contributed by atoms with Crippen LogP contribution in [0.4, 0.5) is 17.1 Å². The number of nitro benzene ring substituents is 1. The van der Waals surface area contributed by atoms with E-state index in [-0.39, 0.29) is 10.6 Å². The molecule has 1 atom stereocenters. The zero-order chi connectivity index (χ0) is 14.4. The number of nitrogens with zero attached hydrogens (tertiary/aromatic N) is 1. The Hall–Kier alpha value is -1.43. The van der Waals surface area contributed by atoms with Gasteiger partial charge in [-0.25, -0.2) is 0 Å². The largest absolute Gasteiger partial charge is 0.380 e. The van der Waals surface area contributed by atoms with Crippen LogP contribution in [0.2, 0.25) is 0 Å². The summed E-state index contributed by atoms with van der Waals surface area (Å²) >= 11 is 1.96. The summed E-state index contributed by atoms with van der Waals surface area (Å²) in [4.78, 5) is 11.0. The first-order valence-electron chi connectivity index (χ1n) is 7.09. The molecular weight excluding hydrogens is 274 g/mol. The van der Waals surface area contributed by atoms with Gasteiger partial charge >= 0.3 is 5.69 Å². The SMILES string of the molecule is CCNc1cccc(NCC2CCCCS2)c1[N+](=O)[O-]. The van der Waals surface area contributed by atoms with Crippen LogP contribution in [-0.2, 0) is 0 Å². The average molecular weight is 295 g/mol. The van der Waals surface area contributed by atoms with Gasteiger partial charge in [-0.15, -0.1) is 0 Å². The Balaban J connectivity index is 2.09. The van der Waals surface area contributed by atoms with Crippen LogP contribution in [0.3, 0.4) is 0 Å². The van der Waals surface area contributed by atoms with Crippen molar-refractivity contribution in [2.24, 2.45) is 0 Å². The predicted octanol–water partition coefficient (Wildman–Crippen LogP) is 3.72. The van der Waals surface area contributed by atoms with Gasteiger partial charge in [0, 0.05) is 18.3 Å². The predicted molar refractivity (Wildman–Crippen MR) is 85.8 cm³/mol. The van der Waals surface area contributed by atoms with E-state index >= 15 is 0 Å². The number of hydrogen-bond acceptors (Lipinski definition) is 5. The van der Waals surface area contributed by atoms with E-state index in [4.69, 9.17) is 0 Å². The molecule has 1 fully saturated rings. The van der Waals surface area contributed by atoms with Gasteiger partial charge in [0.15, 0.2) is 0 Å². The van der Waals surface area contributed by atoms with Crippen LogP contribution in [0.15, 0.2) is 18.2 Å². The lowest BCUT2D eigenvalue weighted by Gasteiger charge is -2.22. The molecule has 0 amide bonds. The number of nitrogens with one attached hydrogen (secondary N) is 2. The van der Waals surface area contributed by atoms with Gasteiger partial charge in [0.25, 0.3) is 0 Å². The molecule has 1 aliphatic heterocycles. The zero-order valence-electron chi connectivity index (χ0n) is 11.7. The molecule has 1 aromatic carbocycles. The lowest BCUT2D eigenvalue weighted by molar-refractivity contribution is -0.383. The molecule has 0 radical (unpaired) electrons. The van der Waals surface area contributed by atoms with Crippen molar-refractivity contribution in [1.29, 1.82) is 0 Å². The summed E-state index contributed by atoms with van der Waals surface area (Å²) in [6, 6.07) is 5.38. The molecule has 2 N–H and O–H groups in total. The molecule has 1 heterocycles. The summed E-state index contributed by atoms with van der Waals surface area (Å²) < 4.78 is 0. The first-order valence-corrected chi connectivity index (χ1v) is 8.14. The number of thioether (sulfide) groups is 1. The quantitative estimate of drug-likeness (QED) is 0.618. The molecule has 1 saturated heterocycles. The number of hydrogen-bond donors (Lipinski definition) is 2. The van der Waals surface area contributed by atoms with Crippen molar-refractivity contribution in [3.63, 3.8) is 0 Å². The molecule has 20 heavy (non-hydrogen) atoms. The van der Waals surface area contributed by atoms with E-state index in [1.165, 1.54) is 25.0 Å². The molecule has 1 unspecified atom stereocenters. The number of anilines is 2. The molecule has 0 bridgehead atoms. The minimum Gasteiger partial charge on any atom is -0.380 e. The maximum Gasteiger partial charge on any atom is 0.315 e. The summed E-state index contributed by atoms with van der Waals surface area (Å²) in [6.45, 7) is 3.40. The second-order valence-corrected chi connectivity index (χ2v) is 6.27. The molecule has 2 rings (SSSR count). The molecule has 0 spiro atoms. The molecule has 0 aliphatic carbocycles. The Bertz CT molecular complexity index is 462. The Labute approximate surface area is 123 Å². The minimum atomic E-state index is -0.311. The lowest BCUT2D eigenvalue weighted by atomic mass is 10.1. The highest BCUT2D eigenvalue weighted by atomic mass is 32.2. The Kier molecular flexibility index (Phi) is 5.52. The van der Waals surface area contributed by atoms with Gasteiger partial charge in [0.1, 0.15) is 11.4 Å². The van der Waals surface area contributed by atoms with Crippen molar-refractivity contribution in [3.05, 3.63) is 28.3 Å². The fraction of sp³-hybridized carbons (Fsp3) is 0.571. The molecule has 5 nitrogen and oxygen atoms in total. The van der Waals surface area contributed by atoms with Crippen molar-refractivity contribution < 1.29 is 4.92 Å². The van der Waals surface area contributed by atoms with Crippen molar-refractivity contribution in [2.75, 3.05) is 29.5 Å². The molecule has 6 heteroatoms. The summed E-state index contributed by atoms with van der Waals surface area (Å²) in [6.07, 6.45) is 3.74. The van der Waals surface area contributed by atoms with Crippen molar-refractivity contribution >= 4 is 28.8 Å². The van der Waals surface area contributed by atoms with Gasteiger partial charge in [-0.3, -0.25) is 10.1 Å². The normalized spacial score (nSPS) is 18.6. The Morgan fingerprint density at radius 2 is 2.10 bits per heavy atom. The summed E-state index contributed by atoms with van der Waals surface area (Å²) in [5.41, 5.74) is 1.34. The van der Waals surface area contributed by atoms with Crippen molar-refractivity contribution in [1.82, 2.24) is 0 Å². The topological polar surface area (TPSA) is 67.2 Å². The van der Waals surface area contributed by atoms with Gasteiger partial charge in [-0.05, 0) is 37.7 Å². The first kappa shape index (κ1) is 15.0. The summed E-state index contributed by atoms with van der Waals surface area (Å²) in [5, 5.41) is 18.2. The smallest absolute Gasteiger partial charge is 0.315 e. The van der Waals surface area contributed by atoms with Gasteiger partial charge in [-0.2, -0.15) is 11.8 Å². The number of benzene rings is 1. The molecule has 0 saturated carbocycles. The number of para-hydroxylation sites is 1. The number of nitro groups is 1. The van der Waals surface area contributed by atoms with Crippen molar-refractivity contribution in [3.8, 4) is 0 Å². The van der Waals surface area contributed by atoms with Crippen molar-refractivity contribution in [2.45, 2.75) is 31.4 Å². The maximum absolute atomic E-state index is 11.3. The third kappa shape index (κ3) is 3.79. The zero-order valence-corrected chi connectivity index (χ0v) is 12.5. The van der Waals surface area contributed by atoms with Crippen LogP contribution in [-0.4, -0.2) is 29.0 Å². The van der Waals surface area contributed by atoms with E-state index in [1.54, 1.807) is 12.1 Å². The molecule has 1 aliphatic rings. The minimum absolute atomic E-state index is 0.148. The molecule has 1 aromatic rings. The summed E-state index contributed by atoms with van der Waals surface area (Å²) in [7, 11) is 0. The lowest BCUT2D eigenvalue weighted by Crippen LogP contribution is -2.20. The first-order chi connectivity index (χ1) is 9.72. The Morgan fingerprint density at radius 1 is 1.35 bits per heavy atom. The molecule has 110 valence electrons. The van der Waals surface area contributed by atoms with Crippen LogP contribution in [0, 0.1) is 10.1 Å². The van der Waals surface area contributed by atoms with E-state index < -0.39 is 0 Å². The van der Waals surface area contributed by atoms with Crippen LogP contribution in [0.5, 0.6) is 0 Å². The van der Waals surface area contributed by atoms with E-state index in [0.717, 1.165) is 6.54 Å². The van der Waals surface area contributed by atoms with Gasteiger partial charge in [0.05, 0.1) is 4.92 Å². The molecule has 0 aromatic heterocycles. The second kappa shape index (κ2) is 7.38. The van der Waals surface area contributed by atoms with E-state index in [2.05, 4.69) is 10.6 Å². The van der Waals surface area contributed by atoms with Crippen LogP contribution in [0.25, 0.3) is 0 Å². The van der Waals surface area contributed by atoms with Gasteiger partial charge in [0.2, 0.25) is 0 Å². The fourth-order valence-corrected chi connectivity index (χ4v) is 3.65. The highest BCUT2D eigenvalue weighted by molar-refractivity contribution is 7.99. The Morgan fingerprint density at radius 3 is 2.70 bits per heavy atom. The van der Waals surface area contributed by atoms with Gasteiger partial charge in [-0.1, -0.05) is 12.5 Å². The van der Waals surface area contributed by atoms with Crippen LogP contribution >= 0.6 is 11.8 Å². The summed E-state index contributed by atoms with van der Waals surface area (Å²) in [5.74, 6) is 1.20.